The third kappa shape index (κ3) is 5.87. The van der Waals surface area contributed by atoms with E-state index in [2.05, 4.69) is 5.32 Å². The SMILES string of the molecule is CCC(C(=O)NC)N(Cc1ccccc1Cl)C(=O)COc1cc(C)c(Cl)c(C)c1. The van der Waals surface area contributed by atoms with Crippen LogP contribution in [0.25, 0.3) is 0 Å². The number of aryl methyl sites for hydroxylation is 2. The van der Waals surface area contributed by atoms with E-state index in [4.69, 9.17) is 27.9 Å². The molecule has 0 aromatic heterocycles. The van der Waals surface area contributed by atoms with Crippen molar-refractivity contribution in [1.82, 2.24) is 10.2 Å². The Morgan fingerprint density at radius 3 is 2.31 bits per heavy atom. The molecule has 5 nitrogen and oxygen atoms in total. The molecule has 29 heavy (non-hydrogen) atoms. The minimum atomic E-state index is -0.624. The van der Waals surface area contributed by atoms with Gasteiger partial charge in [-0.3, -0.25) is 9.59 Å². The molecule has 0 aliphatic carbocycles. The van der Waals surface area contributed by atoms with Crippen LogP contribution in [0.1, 0.15) is 30.0 Å². The van der Waals surface area contributed by atoms with Crippen LogP contribution in [0.3, 0.4) is 0 Å². The maximum absolute atomic E-state index is 13.0. The van der Waals surface area contributed by atoms with Gasteiger partial charge in [-0.1, -0.05) is 48.3 Å². The van der Waals surface area contributed by atoms with Gasteiger partial charge in [-0.05, 0) is 55.2 Å². The van der Waals surface area contributed by atoms with Gasteiger partial charge in [0, 0.05) is 23.6 Å². The third-order valence-corrected chi connectivity index (χ3v) is 5.67. The number of nitrogens with one attached hydrogen (secondary N) is 1. The summed E-state index contributed by atoms with van der Waals surface area (Å²) >= 11 is 12.5. The standard InChI is InChI=1S/C22H26Cl2N2O3/c1-5-19(22(28)25-4)26(12-16-8-6-7-9-18(16)23)20(27)13-29-17-10-14(2)21(24)15(3)11-17/h6-11,19H,5,12-13H2,1-4H3,(H,25,28). The number of rotatable bonds is 8. The van der Waals surface area contributed by atoms with E-state index >= 15 is 0 Å². The van der Waals surface area contributed by atoms with E-state index in [1.807, 2.05) is 39.0 Å². The molecule has 0 aliphatic rings. The summed E-state index contributed by atoms with van der Waals surface area (Å²) in [6.07, 6.45) is 0.467. The van der Waals surface area contributed by atoms with Crippen LogP contribution in [0, 0.1) is 13.8 Å². The number of carbonyl (C=O) groups excluding carboxylic acids is 2. The second kappa shape index (κ2) is 10.5. The fraction of sp³-hybridized carbons (Fsp3) is 0.364. The fourth-order valence-corrected chi connectivity index (χ4v) is 3.42. The molecule has 0 aliphatic heterocycles. The van der Waals surface area contributed by atoms with Crippen molar-refractivity contribution in [1.29, 1.82) is 0 Å². The number of benzene rings is 2. The topological polar surface area (TPSA) is 58.6 Å². The van der Waals surface area contributed by atoms with Crippen LogP contribution in [-0.4, -0.2) is 36.4 Å². The van der Waals surface area contributed by atoms with Gasteiger partial charge in [-0.25, -0.2) is 0 Å². The van der Waals surface area contributed by atoms with Gasteiger partial charge in [0.25, 0.3) is 5.91 Å². The highest BCUT2D eigenvalue weighted by Gasteiger charge is 2.28. The van der Waals surface area contributed by atoms with Crippen LogP contribution in [-0.2, 0) is 16.1 Å². The summed E-state index contributed by atoms with van der Waals surface area (Å²) in [5, 5.41) is 3.84. The Balaban J connectivity index is 2.24. The van der Waals surface area contributed by atoms with Crippen molar-refractivity contribution < 1.29 is 14.3 Å². The lowest BCUT2D eigenvalue weighted by Crippen LogP contribution is -2.49. The summed E-state index contributed by atoms with van der Waals surface area (Å²) in [5.41, 5.74) is 2.51. The number of hydrogen-bond acceptors (Lipinski definition) is 3. The van der Waals surface area contributed by atoms with Crippen molar-refractivity contribution in [2.45, 2.75) is 39.8 Å². The normalized spacial score (nSPS) is 11.7. The second-order valence-corrected chi connectivity index (χ2v) is 7.60. The molecule has 0 bridgehead atoms. The van der Waals surface area contributed by atoms with Crippen molar-refractivity contribution in [3.63, 3.8) is 0 Å². The molecule has 0 spiro atoms. The van der Waals surface area contributed by atoms with Crippen LogP contribution in [0.4, 0.5) is 0 Å². The Morgan fingerprint density at radius 2 is 1.76 bits per heavy atom. The first kappa shape index (κ1) is 23.0. The van der Waals surface area contributed by atoms with Crippen molar-refractivity contribution in [2.24, 2.45) is 0 Å². The zero-order chi connectivity index (χ0) is 21.6. The average molecular weight is 437 g/mol. The fourth-order valence-electron chi connectivity index (χ4n) is 3.11. The molecule has 1 unspecified atom stereocenters. The molecular formula is C22H26Cl2N2O3. The molecule has 2 amide bonds. The molecule has 2 rings (SSSR count). The van der Waals surface area contributed by atoms with Crippen LogP contribution in [0.2, 0.25) is 10.0 Å². The third-order valence-electron chi connectivity index (χ3n) is 4.70. The number of halogens is 2. The molecule has 0 saturated carbocycles. The molecule has 2 aromatic carbocycles. The van der Waals surface area contributed by atoms with Crippen LogP contribution < -0.4 is 10.1 Å². The minimum absolute atomic E-state index is 0.196. The lowest BCUT2D eigenvalue weighted by atomic mass is 10.1. The van der Waals surface area contributed by atoms with Crippen molar-refractivity contribution in [2.75, 3.05) is 13.7 Å². The van der Waals surface area contributed by atoms with Crippen molar-refractivity contribution >= 4 is 35.0 Å². The summed E-state index contributed by atoms with van der Waals surface area (Å²) in [5.74, 6) is 0.0279. The molecule has 0 saturated heterocycles. The highest BCUT2D eigenvalue weighted by Crippen LogP contribution is 2.26. The summed E-state index contributed by atoms with van der Waals surface area (Å²) < 4.78 is 5.73. The largest absolute Gasteiger partial charge is 0.484 e. The van der Waals surface area contributed by atoms with E-state index in [-0.39, 0.29) is 25.0 Å². The monoisotopic (exact) mass is 436 g/mol. The maximum atomic E-state index is 13.0. The summed E-state index contributed by atoms with van der Waals surface area (Å²) in [7, 11) is 1.55. The first-order valence-corrected chi connectivity index (χ1v) is 10.2. The number of ether oxygens (including phenoxy) is 1. The average Bonchev–Trinajstić information content (AvgIpc) is 2.70. The van der Waals surface area contributed by atoms with Gasteiger partial charge in [-0.15, -0.1) is 0 Å². The van der Waals surface area contributed by atoms with Gasteiger partial charge in [-0.2, -0.15) is 0 Å². The minimum Gasteiger partial charge on any atom is -0.484 e. The molecule has 0 radical (unpaired) electrons. The Morgan fingerprint density at radius 1 is 1.14 bits per heavy atom. The Labute approximate surface area is 181 Å². The van der Waals surface area contributed by atoms with Crippen molar-refractivity contribution in [3.8, 4) is 5.75 Å². The van der Waals surface area contributed by atoms with E-state index in [1.54, 1.807) is 25.2 Å². The Kier molecular flexibility index (Phi) is 8.35. The molecular weight excluding hydrogens is 411 g/mol. The van der Waals surface area contributed by atoms with Gasteiger partial charge in [0.15, 0.2) is 6.61 Å². The molecule has 1 N–H and O–H groups in total. The van der Waals surface area contributed by atoms with E-state index in [9.17, 15) is 9.59 Å². The molecule has 0 heterocycles. The Hall–Kier alpha value is -2.24. The quantitative estimate of drug-likeness (QED) is 0.660. The van der Waals surface area contributed by atoms with E-state index in [0.717, 1.165) is 16.7 Å². The van der Waals surface area contributed by atoms with Gasteiger partial charge < -0.3 is 15.0 Å². The summed E-state index contributed by atoms with van der Waals surface area (Å²) in [6, 6.07) is 10.2. The first-order chi connectivity index (χ1) is 13.8. The predicted octanol–water partition coefficient (Wildman–Crippen LogP) is 4.54. The summed E-state index contributed by atoms with van der Waals surface area (Å²) in [4.78, 5) is 26.9. The highest BCUT2D eigenvalue weighted by molar-refractivity contribution is 6.32. The van der Waals surface area contributed by atoms with E-state index < -0.39 is 6.04 Å². The lowest BCUT2D eigenvalue weighted by molar-refractivity contribution is -0.142. The van der Waals surface area contributed by atoms with Gasteiger partial charge in [0.2, 0.25) is 5.91 Å². The highest BCUT2D eigenvalue weighted by atomic mass is 35.5. The van der Waals surface area contributed by atoms with E-state index in [1.165, 1.54) is 4.90 Å². The Bertz CT molecular complexity index is 863. The van der Waals surface area contributed by atoms with Crippen molar-refractivity contribution in [3.05, 3.63) is 63.1 Å². The van der Waals surface area contributed by atoms with Gasteiger partial charge in [0.1, 0.15) is 11.8 Å². The van der Waals surface area contributed by atoms with Crippen LogP contribution in [0.5, 0.6) is 5.75 Å². The number of carbonyl (C=O) groups is 2. The van der Waals surface area contributed by atoms with Gasteiger partial charge in [0.05, 0.1) is 0 Å². The van der Waals surface area contributed by atoms with Gasteiger partial charge >= 0.3 is 0 Å². The smallest absolute Gasteiger partial charge is 0.261 e. The molecule has 0 fully saturated rings. The number of hydrogen-bond donors (Lipinski definition) is 1. The van der Waals surface area contributed by atoms with Crippen LogP contribution >= 0.6 is 23.2 Å². The number of likely N-dealkylation sites (N-methyl/N-ethyl adjacent to an activating group) is 1. The predicted molar refractivity (Wildman–Crippen MR) is 117 cm³/mol. The number of nitrogens with zero attached hydrogens (tertiary/aromatic N) is 1. The molecule has 2 aromatic rings. The zero-order valence-corrected chi connectivity index (χ0v) is 18.6. The molecule has 7 heteroatoms. The molecule has 156 valence electrons. The zero-order valence-electron chi connectivity index (χ0n) is 17.1. The molecule has 1 atom stereocenters. The number of amides is 2. The first-order valence-electron chi connectivity index (χ1n) is 9.42. The lowest BCUT2D eigenvalue weighted by Gasteiger charge is -2.30. The van der Waals surface area contributed by atoms with Crippen LogP contribution in [0.15, 0.2) is 36.4 Å². The maximum Gasteiger partial charge on any atom is 0.261 e. The van der Waals surface area contributed by atoms with E-state index in [0.29, 0.717) is 22.2 Å². The summed E-state index contributed by atoms with van der Waals surface area (Å²) in [6.45, 7) is 5.64. The second-order valence-electron chi connectivity index (χ2n) is 6.81.